The number of carbonyl (C=O) groups excluding carboxylic acids is 2. The fraction of sp³-hybridized carbons (Fsp3) is 0.833. The van der Waals surface area contributed by atoms with Crippen molar-refractivity contribution in [1.29, 1.82) is 0 Å². The van der Waals surface area contributed by atoms with E-state index in [4.69, 9.17) is 9.47 Å². The van der Waals surface area contributed by atoms with E-state index >= 15 is 0 Å². The lowest BCUT2D eigenvalue weighted by Crippen LogP contribution is -2.43. The van der Waals surface area contributed by atoms with Crippen LogP contribution < -0.4 is 0 Å². The Labute approximate surface area is 102 Å². The van der Waals surface area contributed by atoms with E-state index in [-0.39, 0.29) is 24.3 Å². The van der Waals surface area contributed by atoms with Gasteiger partial charge in [-0.25, -0.2) is 0 Å². The highest BCUT2D eigenvalue weighted by Crippen LogP contribution is 2.28. The first-order chi connectivity index (χ1) is 8.19. The van der Waals surface area contributed by atoms with Gasteiger partial charge in [-0.2, -0.15) is 0 Å². The summed E-state index contributed by atoms with van der Waals surface area (Å²) in [6.07, 6.45) is 2.98. The molecule has 98 valence electrons. The van der Waals surface area contributed by atoms with Gasteiger partial charge in [-0.05, 0) is 19.8 Å². The zero-order chi connectivity index (χ0) is 12.7. The quantitative estimate of drug-likeness (QED) is 0.621. The summed E-state index contributed by atoms with van der Waals surface area (Å²) in [5, 5.41) is 0. The van der Waals surface area contributed by atoms with E-state index in [0.717, 1.165) is 19.3 Å². The van der Waals surface area contributed by atoms with Gasteiger partial charge in [-0.3, -0.25) is 9.59 Å². The minimum atomic E-state index is -0.351. The molecular weight excluding hydrogens is 222 g/mol. The molecule has 5 nitrogen and oxygen atoms in total. The lowest BCUT2D eigenvalue weighted by atomic mass is 9.84. The van der Waals surface area contributed by atoms with Gasteiger partial charge >= 0.3 is 5.97 Å². The minimum absolute atomic E-state index is 0.0343. The van der Waals surface area contributed by atoms with E-state index in [1.165, 1.54) is 0 Å². The fourth-order valence-electron chi connectivity index (χ4n) is 1.74. The van der Waals surface area contributed by atoms with Crippen LogP contribution in [0.2, 0.25) is 0 Å². The zero-order valence-corrected chi connectivity index (χ0v) is 10.6. The smallest absolute Gasteiger partial charge is 0.325 e. The van der Waals surface area contributed by atoms with E-state index in [2.05, 4.69) is 0 Å². The molecule has 0 radical (unpaired) electrons. The van der Waals surface area contributed by atoms with E-state index in [9.17, 15) is 9.59 Å². The summed E-state index contributed by atoms with van der Waals surface area (Å²) < 4.78 is 9.81. The van der Waals surface area contributed by atoms with Gasteiger partial charge in [0.05, 0.1) is 13.2 Å². The lowest BCUT2D eigenvalue weighted by Gasteiger charge is -2.30. The largest absolute Gasteiger partial charge is 0.465 e. The van der Waals surface area contributed by atoms with E-state index < -0.39 is 0 Å². The van der Waals surface area contributed by atoms with Crippen LogP contribution >= 0.6 is 0 Å². The Morgan fingerprint density at radius 3 is 2.53 bits per heavy atom. The molecule has 0 atom stereocenters. The second kappa shape index (κ2) is 7.27. The van der Waals surface area contributed by atoms with Gasteiger partial charge in [0.2, 0.25) is 5.91 Å². The highest BCUT2D eigenvalue weighted by molar-refractivity contribution is 5.84. The predicted octanol–water partition coefficient (Wildman–Crippen LogP) is 0.825. The fourth-order valence-corrected chi connectivity index (χ4v) is 1.74. The number of rotatable bonds is 7. The molecule has 0 aliphatic heterocycles. The summed E-state index contributed by atoms with van der Waals surface area (Å²) in [5.74, 6) is -0.195. The van der Waals surface area contributed by atoms with Crippen LogP contribution in [0, 0.1) is 5.92 Å². The molecule has 0 unspecified atom stereocenters. The number of nitrogens with zero attached hydrogens (tertiary/aromatic N) is 1. The second-order valence-electron chi connectivity index (χ2n) is 4.19. The van der Waals surface area contributed by atoms with Gasteiger partial charge in [0.25, 0.3) is 0 Å². The molecule has 0 spiro atoms. The highest BCUT2D eigenvalue weighted by atomic mass is 16.5. The Bertz CT molecular complexity index is 263. The molecule has 0 aromatic rings. The summed E-state index contributed by atoms with van der Waals surface area (Å²) in [6.45, 7) is 3.02. The van der Waals surface area contributed by atoms with Crippen molar-refractivity contribution in [3.8, 4) is 0 Å². The average molecular weight is 243 g/mol. The summed E-state index contributed by atoms with van der Waals surface area (Å²) in [7, 11) is 1.58. The number of hydrogen-bond acceptors (Lipinski definition) is 4. The average Bonchev–Trinajstić information content (AvgIpc) is 2.22. The topological polar surface area (TPSA) is 55.8 Å². The Hall–Kier alpha value is -1.10. The molecule has 0 N–H and O–H groups in total. The molecule has 1 aliphatic rings. The Morgan fingerprint density at radius 2 is 2.06 bits per heavy atom. The summed E-state index contributed by atoms with van der Waals surface area (Å²) >= 11 is 0. The van der Waals surface area contributed by atoms with Crippen LogP contribution in [0.15, 0.2) is 0 Å². The van der Waals surface area contributed by atoms with Gasteiger partial charge in [-0.1, -0.05) is 6.42 Å². The van der Waals surface area contributed by atoms with Gasteiger partial charge < -0.3 is 14.4 Å². The summed E-state index contributed by atoms with van der Waals surface area (Å²) in [6, 6.07) is 0. The second-order valence-corrected chi connectivity index (χ2v) is 4.19. The van der Waals surface area contributed by atoms with Crippen LogP contribution in [-0.2, 0) is 19.1 Å². The molecule has 0 heterocycles. The number of hydrogen-bond donors (Lipinski definition) is 0. The van der Waals surface area contributed by atoms with Crippen LogP contribution in [-0.4, -0.2) is 50.2 Å². The monoisotopic (exact) mass is 243 g/mol. The third kappa shape index (κ3) is 4.34. The molecular formula is C12H21NO4. The van der Waals surface area contributed by atoms with Crippen molar-refractivity contribution in [2.24, 2.45) is 5.92 Å². The molecule has 0 aromatic heterocycles. The molecule has 1 aliphatic carbocycles. The molecule has 0 saturated heterocycles. The van der Waals surface area contributed by atoms with Gasteiger partial charge in [0.15, 0.2) is 0 Å². The first-order valence-electron chi connectivity index (χ1n) is 6.12. The van der Waals surface area contributed by atoms with E-state index in [1.807, 2.05) is 0 Å². The molecule has 5 heteroatoms. The predicted molar refractivity (Wildman–Crippen MR) is 62.4 cm³/mol. The number of ether oxygens (including phenoxy) is 2. The molecule has 0 bridgehead atoms. The molecule has 1 fully saturated rings. The molecule has 1 amide bonds. The van der Waals surface area contributed by atoms with Crippen LogP contribution in [0.1, 0.15) is 26.2 Å². The summed E-state index contributed by atoms with van der Waals surface area (Å²) in [4.78, 5) is 25.0. The van der Waals surface area contributed by atoms with Crippen LogP contribution in [0.25, 0.3) is 0 Å². The van der Waals surface area contributed by atoms with Crippen molar-refractivity contribution >= 4 is 11.9 Å². The lowest BCUT2D eigenvalue weighted by molar-refractivity contribution is -0.151. The van der Waals surface area contributed by atoms with Crippen molar-refractivity contribution in [1.82, 2.24) is 4.90 Å². The molecule has 1 saturated carbocycles. The van der Waals surface area contributed by atoms with E-state index in [0.29, 0.717) is 19.8 Å². The number of amides is 1. The van der Waals surface area contributed by atoms with Gasteiger partial charge in [0, 0.05) is 19.6 Å². The van der Waals surface area contributed by atoms with Crippen LogP contribution in [0.3, 0.4) is 0 Å². The van der Waals surface area contributed by atoms with Crippen LogP contribution in [0.5, 0.6) is 0 Å². The third-order valence-electron chi connectivity index (χ3n) is 2.96. The minimum Gasteiger partial charge on any atom is -0.465 e. The Morgan fingerprint density at radius 1 is 1.35 bits per heavy atom. The number of esters is 1. The Kier molecular flexibility index (Phi) is 5.97. The summed E-state index contributed by atoms with van der Waals surface area (Å²) in [5.41, 5.74) is 0. The maximum atomic E-state index is 12.0. The van der Waals surface area contributed by atoms with Crippen molar-refractivity contribution < 1.29 is 19.1 Å². The molecule has 17 heavy (non-hydrogen) atoms. The van der Waals surface area contributed by atoms with Gasteiger partial charge in [-0.15, -0.1) is 0 Å². The number of methoxy groups -OCH3 is 1. The van der Waals surface area contributed by atoms with Crippen molar-refractivity contribution in [2.45, 2.75) is 26.2 Å². The van der Waals surface area contributed by atoms with Crippen LogP contribution in [0.4, 0.5) is 0 Å². The maximum absolute atomic E-state index is 12.0. The molecule has 0 aromatic carbocycles. The SMILES string of the molecule is CCOC(=O)CN(CCOC)C(=O)C1CCC1. The maximum Gasteiger partial charge on any atom is 0.325 e. The first kappa shape index (κ1) is 14.0. The van der Waals surface area contributed by atoms with Crippen molar-refractivity contribution in [2.75, 3.05) is 33.4 Å². The highest BCUT2D eigenvalue weighted by Gasteiger charge is 2.30. The van der Waals surface area contributed by atoms with Crippen molar-refractivity contribution in [3.05, 3.63) is 0 Å². The zero-order valence-electron chi connectivity index (χ0n) is 10.6. The standard InChI is InChI=1S/C12H21NO4/c1-3-17-11(14)9-13(7-8-16-2)12(15)10-5-4-6-10/h10H,3-9H2,1-2H3. The number of carbonyl (C=O) groups is 2. The first-order valence-corrected chi connectivity index (χ1v) is 6.12. The molecule has 1 rings (SSSR count). The van der Waals surface area contributed by atoms with E-state index in [1.54, 1.807) is 18.9 Å². The van der Waals surface area contributed by atoms with Gasteiger partial charge in [0.1, 0.15) is 6.54 Å². The normalized spacial score (nSPS) is 15.2. The third-order valence-corrected chi connectivity index (χ3v) is 2.96. The van der Waals surface area contributed by atoms with Crippen molar-refractivity contribution in [3.63, 3.8) is 0 Å². The Balaban J connectivity index is 2.46.